The van der Waals surface area contributed by atoms with Crippen molar-refractivity contribution in [2.24, 2.45) is 16.6 Å². The number of amides is 1. The fraction of sp³-hybridized carbons (Fsp3) is 0.294. The summed E-state index contributed by atoms with van der Waals surface area (Å²) in [5.74, 6) is 0.234. The molecular weight excluding hydrogens is 360 g/mol. The monoisotopic (exact) mass is 376 g/mol. The van der Waals surface area contributed by atoms with Crippen LogP contribution in [0, 0.1) is 5.92 Å². The smallest absolute Gasteiger partial charge is 0.252 e. The van der Waals surface area contributed by atoms with Gasteiger partial charge < -0.3 is 5.73 Å². The number of hydrogen-bond acceptors (Lipinski definition) is 3. The van der Waals surface area contributed by atoms with Crippen LogP contribution < -0.4 is 5.73 Å². The van der Waals surface area contributed by atoms with Crippen LogP contribution in [-0.4, -0.2) is 12.1 Å². The summed E-state index contributed by atoms with van der Waals surface area (Å²) >= 11 is 5.02. The average Bonchev–Trinajstić information content (AvgIpc) is 2.84. The molecule has 0 bridgehead atoms. The number of benzene rings is 1. The number of rotatable bonds is 3. The number of carbonyl (C=O) groups is 1. The van der Waals surface area contributed by atoms with Crippen LogP contribution in [0.3, 0.4) is 0 Å². The Labute approximate surface area is 142 Å². The largest absolute Gasteiger partial charge is 0.365 e. The van der Waals surface area contributed by atoms with Gasteiger partial charge in [0.05, 0.1) is 5.56 Å². The van der Waals surface area contributed by atoms with Crippen molar-refractivity contribution in [3.63, 3.8) is 0 Å². The Balaban J connectivity index is 1.96. The highest BCUT2D eigenvalue weighted by Gasteiger charge is 2.26. The SMILES string of the molecule is CC1CCc2sc(N=Cc3ccc(Br)cc3)c(C(N)=O)c2C1. The van der Waals surface area contributed by atoms with Crippen molar-refractivity contribution in [1.29, 1.82) is 0 Å². The van der Waals surface area contributed by atoms with Crippen LogP contribution in [0.5, 0.6) is 0 Å². The van der Waals surface area contributed by atoms with Crippen LogP contribution in [0.25, 0.3) is 0 Å². The second-order valence-corrected chi connectivity index (χ2v) is 7.71. The van der Waals surface area contributed by atoms with Gasteiger partial charge in [0.25, 0.3) is 5.91 Å². The lowest BCUT2D eigenvalue weighted by Crippen LogP contribution is -2.17. The summed E-state index contributed by atoms with van der Waals surface area (Å²) in [6, 6.07) is 7.90. The van der Waals surface area contributed by atoms with E-state index in [4.69, 9.17) is 5.73 Å². The van der Waals surface area contributed by atoms with E-state index in [2.05, 4.69) is 27.8 Å². The molecule has 3 rings (SSSR count). The van der Waals surface area contributed by atoms with Crippen molar-refractivity contribution < 1.29 is 4.79 Å². The predicted octanol–water partition coefficient (Wildman–Crippen LogP) is 4.48. The van der Waals surface area contributed by atoms with Gasteiger partial charge in [0.2, 0.25) is 0 Å². The number of nitrogens with zero attached hydrogens (tertiary/aromatic N) is 1. The number of halogens is 1. The molecule has 1 aliphatic carbocycles. The number of nitrogens with two attached hydrogens (primary N) is 1. The van der Waals surface area contributed by atoms with Crippen molar-refractivity contribution in [3.05, 3.63) is 50.3 Å². The van der Waals surface area contributed by atoms with Gasteiger partial charge in [0, 0.05) is 15.6 Å². The highest BCUT2D eigenvalue weighted by atomic mass is 79.9. The van der Waals surface area contributed by atoms with Gasteiger partial charge in [-0.2, -0.15) is 0 Å². The summed E-state index contributed by atoms with van der Waals surface area (Å²) in [5, 5.41) is 0.745. The van der Waals surface area contributed by atoms with Crippen molar-refractivity contribution >= 4 is 44.4 Å². The first-order valence-electron chi connectivity index (χ1n) is 7.28. The topological polar surface area (TPSA) is 55.4 Å². The zero-order chi connectivity index (χ0) is 15.7. The number of fused-ring (bicyclic) bond motifs is 1. The van der Waals surface area contributed by atoms with Crippen molar-refractivity contribution in [2.45, 2.75) is 26.2 Å². The van der Waals surface area contributed by atoms with E-state index >= 15 is 0 Å². The minimum Gasteiger partial charge on any atom is -0.365 e. The lowest BCUT2D eigenvalue weighted by Gasteiger charge is -2.18. The molecule has 0 saturated heterocycles. The Morgan fingerprint density at radius 2 is 2.14 bits per heavy atom. The van der Waals surface area contributed by atoms with Gasteiger partial charge in [0.15, 0.2) is 0 Å². The van der Waals surface area contributed by atoms with E-state index in [0.717, 1.165) is 33.4 Å². The molecule has 0 spiro atoms. The molecule has 1 unspecified atom stereocenters. The summed E-state index contributed by atoms with van der Waals surface area (Å²) in [6.07, 6.45) is 4.91. The molecule has 0 fully saturated rings. The molecule has 1 aromatic carbocycles. The number of aryl methyl sites for hydroxylation is 1. The van der Waals surface area contributed by atoms with Crippen molar-refractivity contribution in [3.8, 4) is 0 Å². The Morgan fingerprint density at radius 3 is 2.82 bits per heavy atom. The number of aliphatic imine (C=N–C) groups is 1. The molecule has 1 aromatic heterocycles. The maximum atomic E-state index is 11.9. The summed E-state index contributed by atoms with van der Waals surface area (Å²) in [7, 11) is 0. The lowest BCUT2D eigenvalue weighted by atomic mass is 9.87. The molecule has 0 radical (unpaired) electrons. The van der Waals surface area contributed by atoms with Crippen LogP contribution in [-0.2, 0) is 12.8 Å². The normalized spacial score (nSPS) is 17.6. The number of hydrogen-bond donors (Lipinski definition) is 1. The number of primary amides is 1. The van der Waals surface area contributed by atoms with Crippen LogP contribution >= 0.6 is 27.3 Å². The zero-order valence-electron chi connectivity index (χ0n) is 12.3. The maximum absolute atomic E-state index is 11.9. The highest BCUT2D eigenvalue weighted by molar-refractivity contribution is 9.10. The van der Waals surface area contributed by atoms with Gasteiger partial charge in [-0.3, -0.25) is 4.79 Å². The standard InChI is InChI=1S/C17H17BrN2OS/c1-10-2-7-14-13(8-10)15(16(19)21)17(22-14)20-9-11-3-5-12(18)6-4-11/h3-6,9-10H,2,7-8H2,1H3,(H2,19,21). The Morgan fingerprint density at radius 1 is 1.41 bits per heavy atom. The second-order valence-electron chi connectivity index (χ2n) is 5.71. The first kappa shape index (κ1) is 15.4. The molecule has 0 aliphatic heterocycles. The van der Waals surface area contributed by atoms with E-state index in [9.17, 15) is 4.79 Å². The molecule has 1 heterocycles. The van der Waals surface area contributed by atoms with Gasteiger partial charge in [-0.05, 0) is 48.4 Å². The molecule has 1 amide bonds. The van der Waals surface area contributed by atoms with Gasteiger partial charge in [-0.1, -0.05) is 35.0 Å². The fourth-order valence-electron chi connectivity index (χ4n) is 2.77. The van der Waals surface area contributed by atoms with Gasteiger partial charge in [-0.25, -0.2) is 4.99 Å². The molecule has 2 N–H and O–H groups in total. The second kappa shape index (κ2) is 6.34. The highest BCUT2D eigenvalue weighted by Crippen LogP contribution is 2.40. The van der Waals surface area contributed by atoms with E-state index < -0.39 is 0 Å². The van der Waals surface area contributed by atoms with E-state index in [1.54, 1.807) is 17.6 Å². The maximum Gasteiger partial charge on any atom is 0.252 e. The van der Waals surface area contributed by atoms with Gasteiger partial charge in [0.1, 0.15) is 5.00 Å². The fourth-order valence-corrected chi connectivity index (χ4v) is 4.23. The zero-order valence-corrected chi connectivity index (χ0v) is 14.7. The molecule has 5 heteroatoms. The Kier molecular flexibility index (Phi) is 4.45. The number of carbonyl (C=O) groups excluding carboxylic acids is 1. The molecule has 3 nitrogen and oxygen atoms in total. The predicted molar refractivity (Wildman–Crippen MR) is 95.4 cm³/mol. The molecule has 1 atom stereocenters. The van der Waals surface area contributed by atoms with Crippen LogP contribution in [0.2, 0.25) is 0 Å². The van der Waals surface area contributed by atoms with Crippen molar-refractivity contribution in [1.82, 2.24) is 0 Å². The third-order valence-corrected chi connectivity index (χ3v) is 5.66. The van der Waals surface area contributed by atoms with E-state index in [1.807, 2.05) is 24.3 Å². The lowest BCUT2D eigenvalue weighted by molar-refractivity contribution is 0.1000. The van der Waals surface area contributed by atoms with Crippen LogP contribution in [0.4, 0.5) is 5.00 Å². The average molecular weight is 377 g/mol. The van der Waals surface area contributed by atoms with Gasteiger partial charge in [-0.15, -0.1) is 11.3 Å². The minimum absolute atomic E-state index is 0.366. The molecule has 2 aromatic rings. The van der Waals surface area contributed by atoms with E-state index in [1.165, 1.54) is 11.3 Å². The van der Waals surface area contributed by atoms with Crippen LogP contribution in [0.15, 0.2) is 33.7 Å². The van der Waals surface area contributed by atoms with E-state index in [0.29, 0.717) is 11.5 Å². The third-order valence-electron chi connectivity index (χ3n) is 3.94. The third kappa shape index (κ3) is 3.15. The Hall–Kier alpha value is -1.46. The minimum atomic E-state index is -0.366. The first-order chi connectivity index (χ1) is 10.5. The first-order valence-corrected chi connectivity index (χ1v) is 8.89. The quantitative estimate of drug-likeness (QED) is 0.788. The summed E-state index contributed by atoms with van der Waals surface area (Å²) in [5.41, 5.74) is 8.35. The molecule has 114 valence electrons. The molecule has 22 heavy (non-hydrogen) atoms. The summed E-state index contributed by atoms with van der Waals surface area (Å²) in [4.78, 5) is 17.7. The molecule has 0 saturated carbocycles. The van der Waals surface area contributed by atoms with Crippen LogP contribution in [0.1, 0.15) is 39.7 Å². The molecular formula is C17H17BrN2OS. The van der Waals surface area contributed by atoms with E-state index in [-0.39, 0.29) is 5.91 Å². The number of thiophene rings is 1. The summed E-state index contributed by atoms with van der Waals surface area (Å²) in [6.45, 7) is 2.22. The van der Waals surface area contributed by atoms with Crippen molar-refractivity contribution in [2.75, 3.05) is 0 Å². The Bertz CT molecular complexity index is 734. The van der Waals surface area contributed by atoms with Gasteiger partial charge >= 0.3 is 0 Å². The molecule has 1 aliphatic rings. The summed E-state index contributed by atoms with van der Waals surface area (Å²) < 4.78 is 1.03.